The summed E-state index contributed by atoms with van der Waals surface area (Å²) in [5.74, 6) is 0.642. The average molecular weight is 447 g/mol. The molecule has 0 saturated heterocycles. The molecule has 2 heterocycles. The average Bonchev–Trinajstić information content (AvgIpc) is 3.25. The van der Waals surface area contributed by atoms with Crippen molar-refractivity contribution in [3.63, 3.8) is 0 Å². The largest absolute Gasteiger partial charge is 0.491 e. The summed E-state index contributed by atoms with van der Waals surface area (Å²) in [5, 5.41) is 26.1. The molecule has 0 aliphatic heterocycles. The molecule has 10 heteroatoms. The number of aliphatic hydroxyl groups is 1. The van der Waals surface area contributed by atoms with Gasteiger partial charge in [0.2, 0.25) is 0 Å². The Hall–Kier alpha value is -4.31. The van der Waals surface area contributed by atoms with E-state index in [9.17, 15) is 20.0 Å². The van der Waals surface area contributed by atoms with E-state index in [-0.39, 0.29) is 35.6 Å². The fourth-order valence-corrected chi connectivity index (χ4v) is 3.49. The van der Waals surface area contributed by atoms with Crippen LogP contribution in [0.2, 0.25) is 0 Å². The van der Waals surface area contributed by atoms with Gasteiger partial charge in [-0.05, 0) is 24.1 Å². The molecule has 0 fully saturated rings. The standard InChI is InChI=1S/C23H21N5O5/c1-2-7-16-8-3-6-11-21(16)33-14-17(29)13-26-15-24-22-18(23(26)30)12-25-27(22)19-9-4-5-10-20(19)28(31)32/h2-6,8-12,15,17,29H,1,7,13-14H2. The van der Waals surface area contributed by atoms with Crippen LogP contribution < -0.4 is 10.3 Å². The Labute approximate surface area is 188 Å². The third kappa shape index (κ3) is 4.51. The molecule has 1 N–H and O–H groups in total. The van der Waals surface area contributed by atoms with Gasteiger partial charge in [-0.25, -0.2) is 9.67 Å². The maximum atomic E-state index is 12.9. The van der Waals surface area contributed by atoms with Crippen LogP contribution in [0.15, 0.2) is 78.5 Å². The lowest BCUT2D eigenvalue weighted by atomic mass is 10.1. The van der Waals surface area contributed by atoms with Gasteiger partial charge in [-0.15, -0.1) is 6.58 Å². The van der Waals surface area contributed by atoms with Gasteiger partial charge in [-0.1, -0.05) is 36.4 Å². The van der Waals surface area contributed by atoms with E-state index in [1.54, 1.807) is 18.2 Å². The smallest absolute Gasteiger partial charge is 0.294 e. The highest BCUT2D eigenvalue weighted by atomic mass is 16.6. The zero-order valence-electron chi connectivity index (χ0n) is 17.6. The lowest BCUT2D eigenvalue weighted by Gasteiger charge is -2.15. The number of aromatic nitrogens is 4. The van der Waals surface area contributed by atoms with E-state index in [4.69, 9.17) is 4.74 Å². The van der Waals surface area contributed by atoms with E-state index in [1.165, 1.54) is 33.9 Å². The molecule has 0 bridgehead atoms. The van der Waals surface area contributed by atoms with Crippen LogP contribution >= 0.6 is 0 Å². The van der Waals surface area contributed by atoms with E-state index < -0.39 is 16.6 Å². The van der Waals surface area contributed by atoms with E-state index in [1.807, 2.05) is 24.3 Å². The predicted molar refractivity (Wildman–Crippen MR) is 122 cm³/mol. The molecule has 33 heavy (non-hydrogen) atoms. The van der Waals surface area contributed by atoms with Gasteiger partial charge in [0.25, 0.3) is 11.2 Å². The Kier molecular flexibility index (Phi) is 6.27. The second kappa shape index (κ2) is 9.45. The molecule has 4 rings (SSSR count). The summed E-state index contributed by atoms with van der Waals surface area (Å²) in [7, 11) is 0. The number of aliphatic hydroxyl groups excluding tert-OH is 1. The minimum atomic E-state index is -0.969. The molecule has 4 aromatic rings. The number of nitro benzene ring substituents is 1. The Morgan fingerprint density at radius 3 is 2.76 bits per heavy atom. The zero-order valence-corrected chi connectivity index (χ0v) is 17.6. The first-order chi connectivity index (χ1) is 16.0. The van der Waals surface area contributed by atoms with Crippen molar-refractivity contribution in [1.82, 2.24) is 19.3 Å². The minimum absolute atomic E-state index is 0.0197. The second-order valence-electron chi connectivity index (χ2n) is 7.31. The normalized spacial score (nSPS) is 11.9. The third-order valence-electron chi connectivity index (χ3n) is 5.04. The molecule has 10 nitrogen and oxygen atoms in total. The van der Waals surface area contributed by atoms with Crippen LogP contribution in [0.3, 0.4) is 0 Å². The SMILES string of the molecule is C=CCc1ccccc1OCC(O)Cn1cnc2c(cnn2-c2ccccc2[N+](=O)[O-])c1=O. The molecule has 168 valence electrons. The Bertz CT molecular complexity index is 1380. The molecular weight excluding hydrogens is 426 g/mol. The molecule has 0 amide bonds. The molecule has 0 saturated carbocycles. The van der Waals surface area contributed by atoms with Crippen molar-refractivity contribution in [2.75, 3.05) is 6.61 Å². The summed E-state index contributed by atoms with van der Waals surface area (Å²) >= 11 is 0. The fraction of sp³-hybridized carbons (Fsp3) is 0.174. The first kappa shape index (κ1) is 21.9. The van der Waals surface area contributed by atoms with Crippen LogP contribution in [-0.4, -0.2) is 42.1 Å². The highest BCUT2D eigenvalue weighted by Crippen LogP contribution is 2.24. The summed E-state index contributed by atoms with van der Waals surface area (Å²) in [6, 6.07) is 13.5. The maximum Gasteiger partial charge on any atom is 0.294 e. The van der Waals surface area contributed by atoms with Crippen molar-refractivity contribution in [3.8, 4) is 11.4 Å². The van der Waals surface area contributed by atoms with Crippen molar-refractivity contribution in [2.24, 2.45) is 0 Å². The van der Waals surface area contributed by atoms with Gasteiger partial charge in [0.15, 0.2) is 5.65 Å². The fourth-order valence-electron chi connectivity index (χ4n) is 3.49. The van der Waals surface area contributed by atoms with Gasteiger partial charge in [-0.3, -0.25) is 19.5 Å². The first-order valence-electron chi connectivity index (χ1n) is 10.2. The quantitative estimate of drug-likeness (QED) is 0.237. The number of ether oxygens (including phenoxy) is 1. The number of para-hydroxylation sites is 3. The van der Waals surface area contributed by atoms with Crippen LogP contribution in [0.1, 0.15) is 5.56 Å². The van der Waals surface area contributed by atoms with Crippen LogP contribution in [0.25, 0.3) is 16.7 Å². The van der Waals surface area contributed by atoms with Gasteiger partial charge >= 0.3 is 0 Å². The monoisotopic (exact) mass is 447 g/mol. The Morgan fingerprint density at radius 1 is 1.21 bits per heavy atom. The topological polar surface area (TPSA) is 125 Å². The number of nitrogens with zero attached hydrogens (tertiary/aromatic N) is 5. The summed E-state index contributed by atoms with van der Waals surface area (Å²) in [6.45, 7) is 3.67. The number of fused-ring (bicyclic) bond motifs is 1. The van der Waals surface area contributed by atoms with Crippen molar-refractivity contribution in [1.29, 1.82) is 0 Å². The van der Waals surface area contributed by atoms with Crippen LogP contribution in [-0.2, 0) is 13.0 Å². The third-order valence-corrected chi connectivity index (χ3v) is 5.04. The predicted octanol–water partition coefficient (Wildman–Crippen LogP) is 2.66. The molecule has 0 radical (unpaired) electrons. The maximum absolute atomic E-state index is 12.9. The Morgan fingerprint density at radius 2 is 1.97 bits per heavy atom. The molecule has 2 aromatic carbocycles. The summed E-state index contributed by atoms with van der Waals surface area (Å²) in [5.41, 5.74) is 0.763. The molecule has 1 atom stereocenters. The van der Waals surface area contributed by atoms with Crippen molar-refractivity contribution < 1.29 is 14.8 Å². The van der Waals surface area contributed by atoms with Gasteiger partial charge in [0.05, 0.1) is 17.7 Å². The Balaban J connectivity index is 1.55. The van der Waals surface area contributed by atoms with Crippen LogP contribution in [0, 0.1) is 10.1 Å². The van der Waals surface area contributed by atoms with Gasteiger partial charge < -0.3 is 9.84 Å². The van der Waals surface area contributed by atoms with Crippen molar-refractivity contribution in [3.05, 3.63) is 99.7 Å². The zero-order chi connectivity index (χ0) is 23.4. The van der Waals surface area contributed by atoms with Crippen molar-refractivity contribution in [2.45, 2.75) is 19.1 Å². The highest BCUT2D eigenvalue weighted by molar-refractivity contribution is 5.76. The molecule has 0 spiro atoms. The van der Waals surface area contributed by atoms with Crippen LogP contribution in [0.5, 0.6) is 5.75 Å². The number of hydrogen-bond donors (Lipinski definition) is 1. The van der Waals surface area contributed by atoms with Gasteiger partial charge in [-0.2, -0.15) is 5.10 Å². The summed E-state index contributed by atoms with van der Waals surface area (Å²) < 4.78 is 8.26. The summed E-state index contributed by atoms with van der Waals surface area (Å²) in [6.07, 6.45) is 4.03. The lowest BCUT2D eigenvalue weighted by Crippen LogP contribution is -2.30. The second-order valence-corrected chi connectivity index (χ2v) is 7.31. The number of hydrogen-bond acceptors (Lipinski definition) is 7. The van der Waals surface area contributed by atoms with E-state index in [0.717, 1.165) is 5.56 Å². The summed E-state index contributed by atoms with van der Waals surface area (Å²) in [4.78, 5) is 28.0. The lowest BCUT2D eigenvalue weighted by molar-refractivity contribution is -0.384. The highest BCUT2D eigenvalue weighted by Gasteiger charge is 2.19. The van der Waals surface area contributed by atoms with Crippen LogP contribution in [0.4, 0.5) is 5.69 Å². The number of benzene rings is 2. The van der Waals surface area contributed by atoms with Gasteiger partial charge in [0, 0.05) is 6.07 Å². The van der Waals surface area contributed by atoms with E-state index in [2.05, 4.69) is 16.7 Å². The van der Waals surface area contributed by atoms with E-state index in [0.29, 0.717) is 12.2 Å². The molecule has 1 unspecified atom stereocenters. The number of nitro groups is 1. The molecule has 0 aliphatic rings. The molecule has 2 aromatic heterocycles. The van der Waals surface area contributed by atoms with Gasteiger partial charge in [0.1, 0.15) is 35.9 Å². The van der Waals surface area contributed by atoms with Crippen molar-refractivity contribution >= 4 is 16.7 Å². The molecular formula is C23H21N5O5. The van der Waals surface area contributed by atoms with E-state index >= 15 is 0 Å². The minimum Gasteiger partial charge on any atom is -0.491 e. The number of rotatable bonds is 9. The first-order valence-corrected chi connectivity index (χ1v) is 10.2. The molecule has 0 aliphatic carbocycles. The number of allylic oxidation sites excluding steroid dienone is 1.